The standard InChI is InChI=1S/C24H30FN5O2.ClH/c1-3-20-19(25)12-16(14-27-20)13-26-17-6-9-30(10-7-17)11-8-18-22(32-2)15-28-21-4-5-23(31)29-24(18)21;/h4-5,12,14-15,17,26H,3,6-11,13H2,1-2H3,(H,29,31);1H. The maximum absolute atomic E-state index is 13.9. The van der Waals surface area contributed by atoms with Crippen molar-refractivity contribution in [3.8, 4) is 5.75 Å². The first-order chi connectivity index (χ1) is 15.6. The van der Waals surface area contributed by atoms with Crippen LogP contribution in [-0.2, 0) is 19.4 Å². The van der Waals surface area contributed by atoms with Crippen LogP contribution in [0.3, 0.4) is 0 Å². The lowest BCUT2D eigenvalue weighted by Crippen LogP contribution is -2.42. The third kappa shape index (κ3) is 6.07. The van der Waals surface area contributed by atoms with Crippen molar-refractivity contribution < 1.29 is 9.13 Å². The summed E-state index contributed by atoms with van der Waals surface area (Å²) in [6, 6.07) is 5.23. The first-order valence-corrected chi connectivity index (χ1v) is 11.2. The van der Waals surface area contributed by atoms with Gasteiger partial charge in [-0.25, -0.2) is 4.39 Å². The first-order valence-electron chi connectivity index (χ1n) is 11.2. The summed E-state index contributed by atoms with van der Waals surface area (Å²) in [4.78, 5) is 25.8. The number of fused-ring (bicyclic) bond motifs is 1. The fourth-order valence-corrected chi connectivity index (χ4v) is 4.31. The monoisotopic (exact) mass is 475 g/mol. The molecule has 1 saturated heterocycles. The number of methoxy groups -OCH3 is 1. The Kier molecular flexibility index (Phi) is 8.77. The molecule has 4 rings (SSSR count). The van der Waals surface area contributed by atoms with Gasteiger partial charge in [0.15, 0.2) is 0 Å². The predicted molar refractivity (Wildman–Crippen MR) is 130 cm³/mol. The quantitative estimate of drug-likeness (QED) is 0.520. The van der Waals surface area contributed by atoms with E-state index < -0.39 is 0 Å². The zero-order chi connectivity index (χ0) is 22.5. The van der Waals surface area contributed by atoms with Crippen molar-refractivity contribution in [1.82, 2.24) is 25.2 Å². The number of halogens is 2. The molecule has 178 valence electrons. The van der Waals surface area contributed by atoms with Gasteiger partial charge in [0.2, 0.25) is 5.56 Å². The third-order valence-electron chi connectivity index (χ3n) is 6.21. The summed E-state index contributed by atoms with van der Waals surface area (Å²) in [5, 5.41) is 3.54. The molecule has 3 aromatic heterocycles. The van der Waals surface area contributed by atoms with Crippen molar-refractivity contribution in [1.29, 1.82) is 0 Å². The van der Waals surface area contributed by atoms with E-state index in [1.165, 1.54) is 6.07 Å². The molecule has 0 aliphatic carbocycles. The zero-order valence-corrected chi connectivity index (χ0v) is 19.9. The Morgan fingerprint density at radius 1 is 1.24 bits per heavy atom. The van der Waals surface area contributed by atoms with E-state index in [-0.39, 0.29) is 23.8 Å². The highest BCUT2D eigenvalue weighted by atomic mass is 35.5. The largest absolute Gasteiger partial charge is 0.495 e. The Hall–Kier alpha value is -2.55. The van der Waals surface area contributed by atoms with Gasteiger partial charge in [0.25, 0.3) is 0 Å². The number of aromatic amines is 1. The predicted octanol–water partition coefficient (Wildman–Crippen LogP) is 3.25. The number of nitrogens with one attached hydrogen (secondary N) is 2. The fourth-order valence-electron chi connectivity index (χ4n) is 4.31. The van der Waals surface area contributed by atoms with Crippen LogP contribution >= 0.6 is 12.4 Å². The topological polar surface area (TPSA) is 83.1 Å². The molecule has 1 aliphatic rings. The average Bonchev–Trinajstić information content (AvgIpc) is 2.81. The number of piperidine rings is 1. The average molecular weight is 476 g/mol. The highest BCUT2D eigenvalue weighted by Gasteiger charge is 2.20. The number of aryl methyl sites for hydroxylation is 1. The van der Waals surface area contributed by atoms with E-state index in [9.17, 15) is 9.18 Å². The minimum atomic E-state index is -0.220. The second kappa shape index (κ2) is 11.5. The van der Waals surface area contributed by atoms with E-state index in [0.717, 1.165) is 61.1 Å². The molecule has 2 N–H and O–H groups in total. The Morgan fingerprint density at radius 3 is 2.73 bits per heavy atom. The number of rotatable bonds is 8. The maximum Gasteiger partial charge on any atom is 0.248 e. The van der Waals surface area contributed by atoms with E-state index in [2.05, 4.69) is 25.2 Å². The Balaban J connectivity index is 0.00000306. The van der Waals surface area contributed by atoms with Crippen LogP contribution < -0.4 is 15.6 Å². The molecule has 3 aromatic rings. The molecule has 7 nitrogen and oxygen atoms in total. The molecule has 0 unspecified atom stereocenters. The van der Waals surface area contributed by atoms with Crippen molar-refractivity contribution in [2.45, 2.75) is 45.2 Å². The second-order valence-corrected chi connectivity index (χ2v) is 8.26. The molecule has 0 amide bonds. The normalized spacial score (nSPS) is 14.9. The summed E-state index contributed by atoms with van der Waals surface area (Å²) in [6.07, 6.45) is 6.93. The molecule has 0 aromatic carbocycles. The van der Waals surface area contributed by atoms with Crippen molar-refractivity contribution in [3.63, 3.8) is 0 Å². The van der Waals surface area contributed by atoms with Crippen LogP contribution in [-0.4, -0.2) is 52.6 Å². The van der Waals surface area contributed by atoms with E-state index in [1.807, 2.05) is 6.92 Å². The molecule has 0 saturated carbocycles. The Labute approximate surface area is 199 Å². The van der Waals surface area contributed by atoms with Gasteiger partial charge in [-0.2, -0.15) is 0 Å². The maximum atomic E-state index is 13.9. The molecule has 0 radical (unpaired) electrons. The van der Waals surface area contributed by atoms with Crippen LogP contribution in [0.1, 0.15) is 36.6 Å². The molecule has 4 heterocycles. The molecule has 33 heavy (non-hydrogen) atoms. The van der Waals surface area contributed by atoms with Gasteiger partial charge in [-0.15, -0.1) is 12.4 Å². The summed E-state index contributed by atoms with van der Waals surface area (Å²) >= 11 is 0. The Morgan fingerprint density at radius 2 is 2.03 bits per heavy atom. The van der Waals surface area contributed by atoms with Gasteiger partial charge in [-0.3, -0.25) is 14.8 Å². The van der Waals surface area contributed by atoms with Gasteiger partial charge in [-0.05, 0) is 56.5 Å². The second-order valence-electron chi connectivity index (χ2n) is 8.26. The summed E-state index contributed by atoms with van der Waals surface area (Å²) in [5.74, 6) is 0.480. The molecule has 0 spiro atoms. The Bertz CT molecular complexity index is 1130. The minimum Gasteiger partial charge on any atom is -0.495 e. The molecule has 1 aliphatic heterocycles. The number of pyridine rings is 3. The number of hydrogen-bond acceptors (Lipinski definition) is 6. The highest BCUT2D eigenvalue weighted by Crippen LogP contribution is 2.25. The molecule has 0 bridgehead atoms. The lowest BCUT2D eigenvalue weighted by Gasteiger charge is -2.32. The highest BCUT2D eigenvalue weighted by molar-refractivity contribution is 5.85. The van der Waals surface area contributed by atoms with Crippen LogP contribution in [0.25, 0.3) is 11.0 Å². The van der Waals surface area contributed by atoms with Gasteiger partial charge < -0.3 is 19.9 Å². The lowest BCUT2D eigenvalue weighted by molar-refractivity contribution is 0.199. The van der Waals surface area contributed by atoms with E-state index in [1.54, 1.807) is 31.6 Å². The minimum absolute atomic E-state index is 0. The fraction of sp³-hybridized carbons (Fsp3) is 0.458. The summed E-state index contributed by atoms with van der Waals surface area (Å²) in [5.41, 5.74) is 3.77. The number of likely N-dealkylation sites (tertiary alicyclic amines) is 1. The van der Waals surface area contributed by atoms with E-state index in [4.69, 9.17) is 4.74 Å². The molecule has 0 atom stereocenters. The number of hydrogen-bond donors (Lipinski definition) is 2. The molecular weight excluding hydrogens is 445 g/mol. The van der Waals surface area contributed by atoms with Gasteiger partial charge in [0.1, 0.15) is 11.6 Å². The van der Waals surface area contributed by atoms with Crippen LogP contribution in [0.15, 0.2) is 35.4 Å². The zero-order valence-electron chi connectivity index (χ0n) is 19.1. The van der Waals surface area contributed by atoms with Gasteiger partial charge in [0, 0.05) is 37.0 Å². The van der Waals surface area contributed by atoms with Crippen LogP contribution in [0, 0.1) is 5.82 Å². The van der Waals surface area contributed by atoms with Crippen molar-refractivity contribution in [3.05, 3.63) is 63.6 Å². The SMILES string of the molecule is CCc1ncc(CNC2CCN(CCc3c(OC)cnc4ccc(=O)[nH]c34)CC2)cc1F.Cl. The smallest absolute Gasteiger partial charge is 0.248 e. The number of aromatic nitrogens is 3. The number of H-pyrrole nitrogens is 1. The van der Waals surface area contributed by atoms with Gasteiger partial charge >= 0.3 is 0 Å². The number of ether oxygens (including phenoxy) is 1. The summed E-state index contributed by atoms with van der Waals surface area (Å²) < 4.78 is 19.4. The van der Waals surface area contributed by atoms with Gasteiger partial charge in [-0.1, -0.05) is 6.92 Å². The molecule has 9 heteroatoms. The first kappa shape index (κ1) is 25.1. The summed E-state index contributed by atoms with van der Waals surface area (Å²) in [7, 11) is 1.63. The molecular formula is C24H31ClFN5O2. The van der Waals surface area contributed by atoms with Gasteiger partial charge in [0.05, 0.1) is 30.0 Å². The van der Waals surface area contributed by atoms with E-state index >= 15 is 0 Å². The lowest BCUT2D eigenvalue weighted by atomic mass is 10.0. The van der Waals surface area contributed by atoms with Crippen molar-refractivity contribution >= 4 is 23.4 Å². The third-order valence-corrected chi connectivity index (χ3v) is 6.21. The van der Waals surface area contributed by atoms with Crippen LogP contribution in [0.5, 0.6) is 5.75 Å². The van der Waals surface area contributed by atoms with Crippen molar-refractivity contribution in [2.75, 3.05) is 26.7 Å². The molecule has 1 fully saturated rings. The van der Waals surface area contributed by atoms with E-state index in [0.29, 0.717) is 30.5 Å². The van der Waals surface area contributed by atoms with Crippen LogP contribution in [0.4, 0.5) is 4.39 Å². The summed E-state index contributed by atoms with van der Waals surface area (Å²) in [6.45, 7) is 5.39. The van der Waals surface area contributed by atoms with Crippen LogP contribution in [0.2, 0.25) is 0 Å². The van der Waals surface area contributed by atoms with Crippen molar-refractivity contribution in [2.24, 2.45) is 0 Å². The number of nitrogens with zero attached hydrogens (tertiary/aromatic N) is 3.